The minimum absolute atomic E-state index is 0.248. The molecule has 2 aromatic rings. The highest BCUT2D eigenvalue weighted by Crippen LogP contribution is 2.14. The van der Waals surface area contributed by atoms with Crippen molar-refractivity contribution in [3.05, 3.63) is 59.7 Å². The number of para-hydroxylation sites is 1. The number of rotatable bonds is 5. The highest BCUT2D eigenvalue weighted by Gasteiger charge is 2.18. The minimum atomic E-state index is -1.59. The van der Waals surface area contributed by atoms with Gasteiger partial charge >= 0.3 is 13.1 Å². The fourth-order valence-corrected chi connectivity index (χ4v) is 2.06. The molecule has 0 aliphatic heterocycles. The molecule has 0 saturated carbocycles. The van der Waals surface area contributed by atoms with Crippen molar-refractivity contribution in [2.75, 3.05) is 0 Å². The lowest BCUT2D eigenvalue weighted by Gasteiger charge is -2.19. The predicted octanol–water partition coefficient (Wildman–Crippen LogP) is 1.90. The maximum atomic E-state index is 12.0. The maximum absolute atomic E-state index is 12.0. The van der Waals surface area contributed by atoms with Crippen molar-refractivity contribution in [3.63, 3.8) is 0 Å². The summed E-state index contributed by atoms with van der Waals surface area (Å²) in [6, 6.07) is 13.6. The van der Waals surface area contributed by atoms with E-state index >= 15 is 0 Å². The fraction of sp³-hybridized carbons (Fsp3) is 0.278. The van der Waals surface area contributed by atoms with E-state index in [1.165, 1.54) is 0 Å². The number of esters is 1. The molecule has 2 aromatic carbocycles. The van der Waals surface area contributed by atoms with Crippen LogP contribution in [0.4, 0.5) is 0 Å². The molecule has 0 unspecified atom stereocenters. The van der Waals surface area contributed by atoms with Crippen LogP contribution < -0.4 is 10.2 Å². The molecule has 0 spiro atoms. The number of hydrogen-bond acceptors (Lipinski definition) is 5. The highest BCUT2D eigenvalue weighted by molar-refractivity contribution is 6.59. The van der Waals surface area contributed by atoms with Gasteiger partial charge in [0.2, 0.25) is 0 Å². The Morgan fingerprint density at radius 1 is 1.04 bits per heavy atom. The first kappa shape index (κ1) is 18.0. The molecule has 24 heavy (non-hydrogen) atoms. The van der Waals surface area contributed by atoms with E-state index in [4.69, 9.17) is 9.47 Å². The summed E-state index contributed by atoms with van der Waals surface area (Å²) in [6.45, 7) is 5.71. The number of benzene rings is 2. The van der Waals surface area contributed by atoms with E-state index < -0.39 is 12.7 Å². The van der Waals surface area contributed by atoms with Crippen LogP contribution in [0.15, 0.2) is 48.5 Å². The van der Waals surface area contributed by atoms with E-state index in [0.29, 0.717) is 16.8 Å². The predicted molar refractivity (Wildman–Crippen MR) is 92.2 cm³/mol. The van der Waals surface area contributed by atoms with Crippen LogP contribution >= 0.6 is 0 Å². The molecule has 5 nitrogen and oxygen atoms in total. The number of ether oxygens (including phenoxy) is 2. The third-order valence-corrected chi connectivity index (χ3v) is 3.18. The normalized spacial score (nSPS) is 11.0. The van der Waals surface area contributed by atoms with Crippen LogP contribution in [0.5, 0.6) is 5.75 Å². The van der Waals surface area contributed by atoms with E-state index in [-0.39, 0.29) is 12.6 Å². The molecule has 0 aliphatic rings. The Balaban J connectivity index is 2.01. The van der Waals surface area contributed by atoms with Crippen LogP contribution in [0.3, 0.4) is 0 Å². The van der Waals surface area contributed by atoms with Crippen LogP contribution in [0.1, 0.15) is 36.7 Å². The first-order valence-electron chi connectivity index (χ1n) is 7.66. The van der Waals surface area contributed by atoms with Crippen molar-refractivity contribution in [1.29, 1.82) is 0 Å². The molecule has 0 bridgehead atoms. The first-order chi connectivity index (χ1) is 11.3. The lowest BCUT2D eigenvalue weighted by molar-refractivity contribution is 0.00694. The van der Waals surface area contributed by atoms with E-state index in [2.05, 4.69) is 0 Å². The number of carbonyl (C=O) groups is 1. The summed E-state index contributed by atoms with van der Waals surface area (Å²) in [5, 5.41) is 18.6. The summed E-state index contributed by atoms with van der Waals surface area (Å²) >= 11 is 0. The molecule has 6 heteroatoms. The van der Waals surface area contributed by atoms with Crippen molar-refractivity contribution < 1.29 is 24.3 Å². The topological polar surface area (TPSA) is 76.0 Å². The van der Waals surface area contributed by atoms with E-state index in [1.54, 1.807) is 48.5 Å². The molecule has 0 amide bonds. The average Bonchev–Trinajstić information content (AvgIpc) is 2.52. The standard InChI is InChI=1S/C18H21BO5/c1-18(2,3)24-17(20)14-10-8-13(9-11-14)12-23-16-7-5-4-6-15(16)19(21)22/h4-11,21-22H,12H2,1-3H3. The Kier molecular flexibility index (Phi) is 5.64. The molecular formula is C18H21BO5. The smallest absolute Gasteiger partial charge is 0.489 e. The first-order valence-corrected chi connectivity index (χ1v) is 7.66. The third-order valence-electron chi connectivity index (χ3n) is 3.18. The van der Waals surface area contributed by atoms with Gasteiger partial charge in [-0.2, -0.15) is 0 Å². The zero-order valence-electron chi connectivity index (χ0n) is 14.0. The molecule has 2 N–H and O–H groups in total. The van der Waals surface area contributed by atoms with E-state index in [9.17, 15) is 14.8 Å². The van der Waals surface area contributed by atoms with Gasteiger partial charge in [-0.3, -0.25) is 0 Å². The number of hydrogen-bond donors (Lipinski definition) is 2. The summed E-state index contributed by atoms with van der Waals surface area (Å²) in [5.74, 6) is 0.0347. The second-order valence-corrected chi connectivity index (χ2v) is 6.40. The van der Waals surface area contributed by atoms with Crippen LogP contribution in [-0.2, 0) is 11.3 Å². The van der Waals surface area contributed by atoms with E-state index in [0.717, 1.165) is 5.56 Å². The molecular weight excluding hydrogens is 307 g/mol. The SMILES string of the molecule is CC(C)(C)OC(=O)c1ccc(COc2ccccc2B(O)O)cc1. The summed E-state index contributed by atoms with van der Waals surface area (Å²) in [4.78, 5) is 12.0. The average molecular weight is 328 g/mol. The van der Waals surface area contributed by atoms with Gasteiger partial charge < -0.3 is 19.5 Å². The Morgan fingerprint density at radius 3 is 2.25 bits per heavy atom. The monoisotopic (exact) mass is 328 g/mol. The Labute approximate surface area is 142 Å². The molecule has 0 radical (unpaired) electrons. The summed E-state index contributed by atoms with van der Waals surface area (Å²) in [5.41, 5.74) is 1.10. The summed E-state index contributed by atoms with van der Waals surface area (Å²) in [6.07, 6.45) is 0. The van der Waals surface area contributed by atoms with Gasteiger partial charge in [-0.05, 0) is 44.5 Å². The minimum Gasteiger partial charge on any atom is -0.489 e. The van der Waals surface area contributed by atoms with Gasteiger partial charge in [0.25, 0.3) is 0 Å². The molecule has 0 aliphatic carbocycles. The number of carbonyl (C=O) groups excluding carboxylic acids is 1. The molecule has 126 valence electrons. The van der Waals surface area contributed by atoms with E-state index in [1.807, 2.05) is 20.8 Å². The van der Waals surface area contributed by atoms with Gasteiger partial charge in [0.15, 0.2) is 0 Å². The summed E-state index contributed by atoms with van der Waals surface area (Å²) in [7, 11) is -1.59. The van der Waals surface area contributed by atoms with Crippen LogP contribution in [0.2, 0.25) is 0 Å². The van der Waals surface area contributed by atoms with Crippen LogP contribution in [0, 0.1) is 0 Å². The van der Waals surface area contributed by atoms with Crippen LogP contribution in [-0.4, -0.2) is 28.7 Å². The lowest BCUT2D eigenvalue weighted by Crippen LogP contribution is -2.31. The van der Waals surface area contributed by atoms with Gasteiger partial charge in [-0.1, -0.05) is 30.3 Å². The van der Waals surface area contributed by atoms with Crippen molar-refractivity contribution in [1.82, 2.24) is 0 Å². The zero-order chi connectivity index (χ0) is 17.7. The molecule has 0 aromatic heterocycles. The highest BCUT2D eigenvalue weighted by atomic mass is 16.6. The fourth-order valence-electron chi connectivity index (χ4n) is 2.06. The largest absolute Gasteiger partial charge is 0.492 e. The molecule has 0 fully saturated rings. The zero-order valence-corrected chi connectivity index (χ0v) is 14.0. The summed E-state index contributed by atoms with van der Waals surface area (Å²) < 4.78 is 10.9. The van der Waals surface area contributed by atoms with Crippen molar-refractivity contribution >= 4 is 18.6 Å². The molecule has 0 heterocycles. The third kappa shape index (κ3) is 5.11. The second-order valence-electron chi connectivity index (χ2n) is 6.40. The van der Waals surface area contributed by atoms with Gasteiger partial charge in [-0.15, -0.1) is 0 Å². The van der Waals surface area contributed by atoms with Crippen molar-refractivity contribution in [3.8, 4) is 5.75 Å². The van der Waals surface area contributed by atoms with Gasteiger partial charge in [0.1, 0.15) is 18.0 Å². The Bertz CT molecular complexity index is 689. The Hall–Kier alpha value is -2.31. The van der Waals surface area contributed by atoms with Crippen molar-refractivity contribution in [2.24, 2.45) is 0 Å². The Morgan fingerprint density at radius 2 is 1.67 bits per heavy atom. The maximum Gasteiger partial charge on any atom is 0.492 e. The lowest BCUT2D eigenvalue weighted by atomic mass is 9.79. The molecule has 0 saturated heterocycles. The van der Waals surface area contributed by atoms with Crippen molar-refractivity contribution in [2.45, 2.75) is 33.0 Å². The quantitative estimate of drug-likeness (QED) is 0.648. The van der Waals surface area contributed by atoms with Gasteiger partial charge in [0, 0.05) is 5.46 Å². The van der Waals surface area contributed by atoms with Gasteiger partial charge in [-0.25, -0.2) is 4.79 Å². The molecule has 0 atom stereocenters. The second kappa shape index (κ2) is 7.51. The van der Waals surface area contributed by atoms with Gasteiger partial charge in [0.05, 0.1) is 5.56 Å². The van der Waals surface area contributed by atoms with Crippen LogP contribution in [0.25, 0.3) is 0 Å². The molecule has 2 rings (SSSR count).